The molecule has 0 saturated carbocycles. The maximum Gasteiger partial charge on any atom is 0.220 e. The van der Waals surface area contributed by atoms with E-state index >= 15 is 0 Å². The summed E-state index contributed by atoms with van der Waals surface area (Å²) in [5.74, 6) is -0.495. The van der Waals surface area contributed by atoms with Gasteiger partial charge in [0.2, 0.25) is 5.91 Å². The highest BCUT2D eigenvalue weighted by Crippen LogP contribution is 2.34. The number of carbonyl (C=O) groups is 2. The summed E-state index contributed by atoms with van der Waals surface area (Å²) in [4.78, 5) is 26.4. The molecule has 232 valence electrons. The molecule has 7 unspecified atom stereocenters. The predicted octanol–water partition coefficient (Wildman–Crippen LogP) is 2.77. The molecule has 10 heteroatoms. The van der Waals surface area contributed by atoms with E-state index in [4.69, 9.17) is 18.9 Å². The minimum Gasteiger partial charge on any atom is -0.388 e. The van der Waals surface area contributed by atoms with E-state index in [1.54, 1.807) is 14.0 Å². The molecule has 0 aromatic rings. The van der Waals surface area contributed by atoms with Gasteiger partial charge in [-0.1, -0.05) is 20.8 Å². The Balaban J connectivity index is 5.62. The zero-order valence-electron chi connectivity index (χ0n) is 26.3. The number of aliphatic hydroxyl groups is 2. The standard InChI is InChI=1S/C29H58N2O8/c1-12-26(38-22(5)16-21(4)31(8)9)39-28(20(3)15-19(2)17-32)29(7,37-11)14-13-25(34)30-23(6)27(35)24(33)18-36-10/h17,19-24,26-28,33,35H,12-16,18H2,1-11H3,(H,30,34)/t19?,20-,21?,22?,23?,24?,26?,27?,28+,29+/m0/s1. The van der Waals surface area contributed by atoms with Crippen LogP contribution in [0, 0.1) is 11.8 Å². The molecule has 0 aliphatic carbocycles. The van der Waals surface area contributed by atoms with Crippen molar-refractivity contribution in [3.63, 3.8) is 0 Å². The van der Waals surface area contributed by atoms with Crippen LogP contribution in [0.4, 0.5) is 0 Å². The molecule has 10 nitrogen and oxygen atoms in total. The van der Waals surface area contributed by atoms with Crippen LogP contribution in [0.5, 0.6) is 0 Å². The first kappa shape index (κ1) is 37.9. The van der Waals surface area contributed by atoms with Crippen molar-refractivity contribution in [3.05, 3.63) is 0 Å². The van der Waals surface area contributed by atoms with Gasteiger partial charge in [0.1, 0.15) is 18.5 Å². The minimum absolute atomic E-state index is 0.0295. The van der Waals surface area contributed by atoms with E-state index in [0.717, 1.165) is 12.7 Å². The Morgan fingerprint density at radius 3 is 2.15 bits per heavy atom. The van der Waals surface area contributed by atoms with Crippen molar-refractivity contribution < 1.29 is 38.7 Å². The van der Waals surface area contributed by atoms with E-state index in [1.165, 1.54) is 7.11 Å². The molecule has 0 aromatic heterocycles. The van der Waals surface area contributed by atoms with Crippen LogP contribution in [-0.4, -0.2) is 111 Å². The van der Waals surface area contributed by atoms with Gasteiger partial charge in [-0.3, -0.25) is 4.79 Å². The van der Waals surface area contributed by atoms with E-state index in [2.05, 4.69) is 17.1 Å². The number of rotatable bonds is 22. The molecule has 0 aliphatic rings. The topological polar surface area (TPSA) is 127 Å². The fourth-order valence-corrected chi connectivity index (χ4v) is 4.78. The van der Waals surface area contributed by atoms with Crippen molar-refractivity contribution in [1.82, 2.24) is 10.2 Å². The lowest BCUT2D eigenvalue weighted by Gasteiger charge is -2.42. The summed E-state index contributed by atoms with van der Waals surface area (Å²) in [7, 11) is 7.11. The lowest BCUT2D eigenvalue weighted by atomic mass is 9.81. The Bertz CT molecular complexity index is 682. The molecule has 0 aromatic carbocycles. The first-order chi connectivity index (χ1) is 18.1. The molecule has 0 rings (SSSR count). The zero-order chi connectivity index (χ0) is 30.3. The molecule has 39 heavy (non-hydrogen) atoms. The van der Waals surface area contributed by atoms with Crippen LogP contribution in [0.15, 0.2) is 0 Å². The lowest BCUT2D eigenvalue weighted by molar-refractivity contribution is -0.247. The van der Waals surface area contributed by atoms with Gasteiger partial charge in [-0.2, -0.15) is 0 Å². The molecule has 0 fully saturated rings. The van der Waals surface area contributed by atoms with Crippen LogP contribution in [0.2, 0.25) is 0 Å². The van der Waals surface area contributed by atoms with Crippen molar-refractivity contribution in [2.24, 2.45) is 11.8 Å². The normalized spacial score (nSPS) is 20.7. The number of hydrogen-bond donors (Lipinski definition) is 3. The van der Waals surface area contributed by atoms with E-state index in [-0.39, 0.29) is 36.9 Å². The number of carbonyl (C=O) groups excluding carboxylic acids is 2. The number of amides is 1. The number of ether oxygens (including phenoxy) is 4. The van der Waals surface area contributed by atoms with Crippen LogP contribution < -0.4 is 5.32 Å². The minimum atomic E-state index is -1.16. The monoisotopic (exact) mass is 562 g/mol. The van der Waals surface area contributed by atoms with Crippen LogP contribution in [0.25, 0.3) is 0 Å². The molecule has 0 heterocycles. The molecular formula is C29H58N2O8. The second-order valence-corrected chi connectivity index (χ2v) is 11.6. The number of methoxy groups -OCH3 is 2. The van der Waals surface area contributed by atoms with Crippen molar-refractivity contribution in [2.45, 2.75) is 129 Å². The second kappa shape index (κ2) is 19.1. The lowest BCUT2D eigenvalue weighted by Crippen LogP contribution is -2.51. The maximum absolute atomic E-state index is 12.8. The first-order valence-electron chi connectivity index (χ1n) is 14.3. The van der Waals surface area contributed by atoms with Crippen LogP contribution in [-0.2, 0) is 28.5 Å². The molecule has 0 aliphatic heterocycles. The summed E-state index contributed by atoms with van der Waals surface area (Å²) >= 11 is 0. The van der Waals surface area contributed by atoms with Gasteiger partial charge in [0.25, 0.3) is 0 Å². The van der Waals surface area contributed by atoms with Gasteiger partial charge in [-0.25, -0.2) is 0 Å². The summed E-state index contributed by atoms with van der Waals surface area (Å²) < 4.78 is 23.8. The van der Waals surface area contributed by atoms with Crippen molar-refractivity contribution in [2.75, 3.05) is 34.9 Å². The van der Waals surface area contributed by atoms with E-state index in [9.17, 15) is 19.8 Å². The Kier molecular flexibility index (Phi) is 18.5. The van der Waals surface area contributed by atoms with Crippen molar-refractivity contribution >= 4 is 12.2 Å². The highest BCUT2D eigenvalue weighted by Gasteiger charge is 2.41. The molecule has 3 N–H and O–H groups in total. The smallest absolute Gasteiger partial charge is 0.220 e. The van der Waals surface area contributed by atoms with Gasteiger partial charge >= 0.3 is 0 Å². The third kappa shape index (κ3) is 13.9. The largest absolute Gasteiger partial charge is 0.388 e. The van der Waals surface area contributed by atoms with E-state index in [0.29, 0.717) is 25.3 Å². The number of aldehydes is 1. The predicted molar refractivity (Wildman–Crippen MR) is 152 cm³/mol. The SMILES string of the molecule is CCC(OC(C)CC(C)N(C)C)O[C@H]([C@@H](C)CC(C)C=O)[C@@](C)(CCC(=O)NC(C)C(O)C(O)COC)OC. The van der Waals surface area contributed by atoms with E-state index < -0.39 is 36.2 Å². The molecular weight excluding hydrogens is 504 g/mol. The van der Waals surface area contributed by atoms with Crippen LogP contribution in [0.1, 0.15) is 80.6 Å². The Hall–Kier alpha value is -1.14. The Labute approximate surface area is 237 Å². The molecule has 0 radical (unpaired) electrons. The zero-order valence-corrected chi connectivity index (χ0v) is 26.3. The van der Waals surface area contributed by atoms with Gasteiger partial charge in [0, 0.05) is 32.6 Å². The molecule has 0 saturated heterocycles. The number of nitrogens with zero attached hydrogens (tertiary/aromatic N) is 1. The second-order valence-electron chi connectivity index (χ2n) is 11.6. The van der Waals surface area contributed by atoms with Crippen molar-refractivity contribution in [3.8, 4) is 0 Å². The first-order valence-corrected chi connectivity index (χ1v) is 14.3. The van der Waals surface area contributed by atoms with E-state index in [1.807, 2.05) is 48.7 Å². The highest BCUT2D eigenvalue weighted by atomic mass is 16.7. The van der Waals surface area contributed by atoms with Gasteiger partial charge in [0.15, 0.2) is 6.29 Å². The van der Waals surface area contributed by atoms with Gasteiger partial charge < -0.3 is 44.2 Å². The molecule has 10 atom stereocenters. The maximum atomic E-state index is 12.8. The number of aliphatic hydroxyl groups excluding tert-OH is 2. The summed E-state index contributed by atoms with van der Waals surface area (Å²) in [6, 6.07) is -0.320. The summed E-state index contributed by atoms with van der Waals surface area (Å²) in [6.07, 6.45) is 0.245. The third-order valence-electron chi connectivity index (χ3n) is 7.61. The average Bonchev–Trinajstić information content (AvgIpc) is 2.88. The van der Waals surface area contributed by atoms with Gasteiger partial charge in [-0.15, -0.1) is 0 Å². The summed E-state index contributed by atoms with van der Waals surface area (Å²) in [6.45, 7) is 13.6. The highest BCUT2D eigenvalue weighted by molar-refractivity contribution is 5.76. The number of hydrogen-bond acceptors (Lipinski definition) is 9. The average molecular weight is 563 g/mol. The Morgan fingerprint density at radius 1 is 1.05 bits per heavy atom. The summed E-state index contributed by atoms with van der Waals surface area (Å²) in [5, 5.41) is 23.0. The van der Waals surface area contributed by atoms with Crippen LogP contribution >= 0.6 is 0 Å². The fraction of sp³-hybridized carbons (Fsp3) is 0.931. The third-order valence-corrected chi connectivity index (χ3v) is 7.61. The number of nitrogens with one attached hydrogen (secondary N) is 1. The van der Waals surface area contributed by atoms with Gasteiger partial charge in [-0.05, 0) is 73.4 Å². The Morgan fingerprint density at radius 2 is 1.67 bits per heavy atom. The van der Waals surface area contributed by atoms with Crippen LogP contribution in [0.3, 0.4) is 0 Å². The molecule has 0 spiro atoms. The van der Waals surface area contributed by atoms with Gasteiger partial charge in [0.05, 0.1) is 30.5 Å². The molecule has 0 bridgehead atoms. The summed E-state index contributed by atoms with van der Waals surface area (Å²) in [5.41, 5.74) is -0.853. The molecule has 1 amide bonds. The fourth-order valence-electron chi connectivity index (χ4n) is 4.78. The van der Waals surface area contributed by atoms with Crippen molar-refractivity contribution in [1.29, 1.82) is 0 Å². The quantitative estimate of drug-likeness (QED) is 0.135.